The summed E-state index contributed by atoms with van der Waals surface area (Å²) in [6.07, 6.45) is -3.89. The van der Waals surface area contributed by atoms with Gasteiger partial charge in [-0.3, -0.25) is 14.6 Å². The lowest BCUT2D eigenvalue weighted by Crippen LogP contribution is -2.20. The third-order valence-electron chi connectivity index (χ3n) is 4.64. The van der Waals surface area contributed by atoms with Crippen LogP contribution in [0.3, 0.4) is 0 Å². The third kappa shape index (κ3) is 5.43. The Morgan fingerprint density at radius 2 is 1.80 bits per heavy atom. The number of nitrogens with one attached hydrogen (secondary N) is 1. The molecule has 0 aliphatic rings. The molecule has 1 heterocycles. The van der Waals surface area contributed by atoms with Crippen LogP contribution in [0.25, 0.3) is 0 Å². The number of carbonyl (C=O) groups excluding carboxylic acids is 2. The van der Waals surface area contributed by atoms with Gasteiger partial charge in [0.15, 0.2) is 11.6 Å². The molecular formula is C22H15ClF5N3O4. The minimum atomic E-state index is -5.09. The van der Waals surface area contributed by atoms with Crippen molar-refractivity contribution < 1.29 is 41.0 Å². The van der Waals surface area contributed by atoms with E-state index >= 15 is 4.39 Å². The van der Waals surface area contributed by atoms with Gasteiger partial charge in [-0.25, -0.2) is 8.78 Å². The topological polar surface area (TPSA) is 104 Å². The number of pyridine rings is 1. The number of alkyl halides is 3. The first-order valence-corrected chi connectivity index (χ1v) is 9.89. The van der Waals surface area contributed by atoms with E-state index in [4.69, 9.17) is 22.1 Å². The number of nitrogens with zero attached hydrogens (tertiary/aromatic N) is 1. The smallest absolute Gasteiger partial charge is 0.420 e. The predicted molar refractivity (Wildman–Crippen MR) is 115 cm³/mol. The number of nitrogens with two attached hydrogens (primary N) is 1. The maximum Gasteiger partial charge on any atom is 0.420 e. The second-order valence-corrected chi connectivity index (χ2v) is 7.43. The van der Waals surface area contributed by atoms with E-state index in [9.17, 15) is 27.2 Å². The number of anilines is 1. The first-order valence-electron chi connectivity index (χ1n) is 9.51. The second kappa shape index (κ2) is 9.74. The number of aryl methyl sites for hydroxylation is 1. The third-order valence-corrected chi connectivity index (χ3v) is 4.93. The van der Waals surface area contributed by atoms with Crippen molar-refractivity contribution in [3.05, 3.63) is 75.6 Å². The Kier molecular flexibility index (Phi) is 7.15. The van der Waals surface area contributed by atoms with Gasteiger partial charge in [-0.15, -0.1) is 0 Å². The van der Waals surface area contributed by atoms with Crippen LogP contribution < -0.4 is 20.5 Å². The average Bonchev–Trinajstić information content (AvgIpc) is 2.76. The monoisotopic (exact) mass is 515 g/mol. The van der Waals surface area contributed by atoms with E-state index in [1.165, 1.54) is 13.1 Å². The summed E-state index contributed by atoms with van der Waals surface area (Å²) >= 11 is 5.88. The van der Waals surface area contributed by atoms with Crippen molar-refractivity contribution in [2.24, 2.45) is 5.73 Å². The Bertz CT molecular complexity index is 1330. The number of primary amides is 1. The maximum atomic E-state index is 15.3. The molecule has 0 spiro atoms. The van der Waals surface area contributed by atoms with E-state index in [1.807, 2.05) is 0 Å². The van der Waals surface area contributed by atoms with Gasteiger partial charge in [-0.05, 0) is 42.8 Å². The number of halogens is 6. The van der Waals surface area contributed by atoms with E-state index in [-0.39, 0.29) is 22.2 Å². The van der Waals surface area contributed by atoms with Crippen LogP contribution in [0.5, 0.6) is 17.2 Å². The molecule has 1 aromatic heterocycles. The molecule has 0 aliphatic heterocycles. The zero-order valence-corrected chi connectivity index (χ0v) is 18.6. The van der Waals surface area contributed by atoms with Crippen LogP contribution in [0.2, 0.25) is 5.02 Å². The Labute approximate surface area is 199 Å². The van der Waals surface area contributed by atoms with Gasteiger partial charge in [0.2, 0.25) is 0 Å². The number of hydrogen-bond donors (Lipinski definition) is 2. The molecule has 0 atom stereocenters. The molecule has 35 heavy (non-hydrogen) atoms. The lowest BCUT2D eigenvalue weighted by Gasteiger charge is -2.19. The number of ether oxygens (including phenoxy) is 2. The Hall–Kier alpha value is -3.93. The van der Waals surface area contributed by atoms with Crippen LogP contribution in [0.1, 0.15) is 32.0 Å². The van der Waals surface area contributed by atoms with Crippen molar-refractivity contribution in [3.63, 3.8) is 0 Å². The quantitative estimate of drug-likeness (QED) is 0.422. The van der Waals surface area contributed by atoms with Crippen LogP contribution in [-0.2, 0) is 6.18 Å². The SMILES string of the molecule is COc1c(C(F)(F)F)cc(Oc2ccc(F)cc2Cl)c(C(=O)Nc2cc(C(N)=O)ncc2C)c1F. The van der Waals surface area contributed by atoms with Gasteiger partial charge in [-0.2, -0.15) is 13.2 Å². The molecule has 0 unspecified atom stereocenters. The standard InChI is InChI=1S/C22H15ClF5N3O4/c1-9-8-30-14(20(29)32)7-13(9)31-21(33)17-16(35-15-4-3-10(24)5-12(15)23)6-11(22(26,27)28)19(34-2)18(17)25/h3-8H,1-2H3,(H2,29,32)(H,30,31,33). The highest BCUT2D eigenvalue weighted by Crippen LogP contribution is 2.44. The summed E-state index contributed by atoms with van der Waals surface area (Å²) in [5, 5.41) is 1.94. The molecule has 3 rings (SSSR count). The van der Waals surface area contributed by atoms with Crippen molar-refractivity contribution in [2.75, 3.05) is 12.4 Å². The Balaban J connectivity index is 2.19. The Morgan fingerprint density at radius 1 is 1.11 bits per heavy atom. The fourth-order valence-electron chi connectivity index (χ4n) is 2.97. The van der Waals surface area contributed by atoms with Crippen LogP contribution in [0, 0.1) is 18.6 Å². The normalized spacial score (nSPS) is 11.2. The molecule has 2 aromatic carbocycles. The van der Waals surface area contributed by atoms with Gasteiger partial charge in [0.05, 0.1) is 12.1 Å². The first kappa shape index (κ1) is 25.7. The lowest BCUT2D eigenvalue weighted by molar-refractivity contribution is -0.139. The largest absolute Gasteiger partial charge is 0.493 e. The minimum absolute atomic E-state index is 0.0252. The van der Waals surface area contributed by atoms with Gasteiger partial charge in [-0.1, -0.05) is 11.6 Å². The van der Waals surface area contributed by atoms with Crippen LogP contribution >= 0.6 is 11.6 Å². The summed E-state index contributed by atoms with van der Waals surface area (Å²) in [6, 6.07) is 4.15. The van der Waals surface area contributed by atoms with Gasteiger partial charge < -0.3 is 20.5 Å². The van der Waals surface area contributed by atoms with Crippen molar-refractivity contribution >= 4 is 29.1 Å². The van der Waals surface area contributed by atoms with E-state index in [0.29, 0.717) is 11.6 Å². The van der Waals surface area contributed by atoms with Crippen LogP contribution in [0.4, 0.5) is 27.6 Å². The molecular weight excluding hydrogens is 501 g/mol. The molecule has 3 aromatic rings. The predicted octanol–water partition coefficient (Wildman–Crippen LogP) is 5.49. The molecule has 184 valence electrons. The van der Waals surface area contributed by atoms with Crippen LogP contribution in [-0.4, -0.2) is 23.9 Å². The van der Waals surface area contributed by atoms with Crippen molar-refractivity contribution in [1.82, 2.24) is 4.98 Å². The number of hydrogen-bond acceptors (Lipinski definition) is 5. The number of benzene rings is 2. The number of rotatable bonds is 6. The van der Waals surface area contributed by atoms with Crippen molar-refractivity contribution in [1.29, 1.82) is 0 Å². The zero-order valence-electron chi connectivity index (χ0n) is 17.9. The lowest BCUT2D eigenvalue weighted by atomic mass is 10.1. The first-order chi connectivity index (χ1) is 16.3. The summed E-state index contributed by atoms with van der Waals surface area (Å²) in [5.74, 6) is -7.13. The van der Waals surface area contributed by atoms with E-state index in [2.05, 4.69) is 15.0 Å². The highest BCUT2D eigenvalue weighted by Gasteiger charge is 2.39. The van der Waals surface area contributed by atoms with Gasteiger partial charge >= 0.3 is 6.18 Å². The molecule has 0 aliphatic carbocycles. The minimum Gasteiger partial charge on any atom is -0.493 e. The molecule has 2 amide bonds. The number of carbonyl (C=O) groups is 2. The summed E-state index contributed by atoms with van der Waals surface area (Å²) < 4.78 is 79.4. The maximum absolute atomic E-state index is 15.3. The number of methoxy groups -OCH3 is 1. The van der Waals surface area contributed by atoms with Crippen LogP contribution in [0.15, 0.2) is 36.5 Å². The summed E-state index contributed by atoms with van der Waals surface area (Å²) in [4.78, 5) is 28.2. The fraction of sp³-hybridized carbons (Fsp3) is 0.136. The molecule has 3 N–H and O–H groups in total. The molecule has 0 saturated carbocycles. The van der Waals surface area contributed by atoms with Gasteiger partial charge in [0, 0.05) is 11.9 Å². The Morgan fingerprint density at radius 3 is 2.37 bits per heavy atom. The van der Waals surface area contributed by atoms with E-state index < -0.39 is 52.3 Å². The molecule has 0 fully saturated rings. The molecule has 0 saturated heterocycles. The van der Waals surface area contributed by atoms with Crippen molar-refractivity contribution in [2.45, 2.75) is 13.1 Å². The highest BCUT2D eigenvalue weighted by molar-refractivity contribution is 6.32. The van der Waals surface area contributed by atoms with E-state index in [1.54, 1.807) is 0 Å². The highest BCUT2D eigenvalue weighted by atomic mass is 35.5. The summed E-state index contributed by atoms with van der Waals surface area (Å²) in [5.41, 5.74) is 2.69. The van der Waals surface area contributed by atoms with E-state index in [0.717, 1.165) is 31.4 Å². The summed E-state index contributed by atoms with van der Waals surface area (Å²) in [7, 11) is 0.791. The number of amides is 2. The van der Waals surface area contributed by atoms with Gasteiger partial charge in [0.25, 0.3) is 11.8 Å². The second-order valence-electron chi connectivity index (χ2n) is 7.02. The molecule has 0 bridgehead atoms. The zero-order chi connectivity index (χ0) is 26.1. The average molecular weight is 516 g/mol. The van der Waals surface area contributed by atoms with Crippen molar-refractivity contribution in [3.8, 4) is 17.2 Å². The molecule has 13 heteroatoms. The van der Waals surface area contributed by atoms with Gasteiger partial charge in [0.1, 0.15) is 34.1 Å². The molecule has 7 nitrogen and oxygen atoms in total. The molecule has 0 radical (unpaired) electrons. The fourth-order valence-corrected chi connectivity index (χ4v) is 3.17. The number of aromatic nitrogens is 1. The summed E-state index contributed by atoms with van der Waals surface area (Å²) in [6.45, 7) is 1.49.